The van der Waals surface area contributed by atoms with Crippen LogP contribution in [0.3, 0.4) is 0 Å². The molecule has 0 saturated carbocycles. The fraction of sp³-hybridized carbons (Fsp3) is 0.571. The third-order valence-corrected chi connectivity index (χ3v) is 2.16. The summed E-state index contributed by atoms with van der Waals surface area (Å²) in [5.74, 6) is 0. The Balaban J connectivity index is 3.51. The van der Waals surface area contributed by atoms with Crippen molar-refractivity contribution in [1.29, 1.82) is 0 Å². The van der Waals surface area contributed by atoms with Crippen molar-refractivity contribution in [2.75, 3.05) is 0 Å². The molecule has 0 atom stereocenters. The molecule has 0 aliphatic carbocycles. The maximum atomic E-state index is 2.28. The first-order chi connectivity index (χ1) is 6.81. The Labute approximate surface area is 89.4 Å². The molecule has 0 radical (unpaired) electrons. The minimum absolute atomic E-state index is 1.22. The highest BCUT2D eigenvalue weighted by Gasteiger charge is 1.84. The normalized spacial score (nSPS) is 13.2. The smallest absolute Gasteiger partial charge is 0.0348 e. The molecule has 0 aliphatic rings. The van der Waals surface area contributed by atoms with Crippen LogP contribution in [0.1, 0.15) is 52.9 Å². The van der Waals surface area contributed by atoms with E-state index in [1.165, 1.54) is 37.7 Å². The molecule has 0 N–H and O–H groups in total. The quantitative estimate of drug-likeness (QED) is 0.392. The number of unbranched alkanes of at least 4 members (excludes halogenated alkanes) is 4. The van der Waals surface area contributed by atoms with Crippen molar-refractivity contribution in [3.05, 3.63) is 36.0 Å². The average Bonchev–Trinajstić information content (AvgIpc) is 2.20. The van der Waals surface area contributed by atoms with Gasteiger partial charge in [-0.2, -0.15) is 0 Å². The molecule has 0 heterocycles. The Kier molecular flexibility index (Phi) is 9.73. The molecule has 0 bridgehead atoms. The molecule has 0 fully saturated rings. The van der Waals surface area contributed by atoms with E-state index in [1.54, 1.807) is 0 Å². The zero-order valence-electron chi connectivity index (χ0n) is 9.92. The van der Waals surface area contributed by atoms with Crippen LogP contribution >= 0.6 is 0 Å². The van der Waals surface area contributed by atoms with Crippen molar-refractivity contribution < 1.29 is 0 Å². The highest BCUT2D eigenvalue weighted by molar-refractivity contribution is 5.21. The maximum absolute atomic E-state index is 2.28. The molecule has 0 aromatic heterocycles. The van der Waals surface area contributed by atoms with Crippen molar-refractivity contribution in [2.45, 2.75) is 52.9 Å². The van der Waals surface area contributed by atoms with Crippen LogP contribution in [0.15, 0.2) is 36.0 Å². The van der Waals surface area contributed by atoms with Crippen LogP contribution in [-0.2, 0) is 0 Å². The molecule has 0 rings (SSSR count). The van der Waals surface area contributed by atoms with Crippen molar-refractivity contribution in [1.82, 2.24) is 0 Å². The van der Waals surface area contributed by atoms with E-state index in [1.807, 2.05) is 6.92 Å². The number of hydrogen-bond acceptors (Lipinski definition) is 0. The van der Waals surface area contributed by atoms with Crippen LogP contribution in [0.4, 0.5) is 0 Å². The highest BCUT2D eigenvalue weighted by Crippen LogP contribution is 2.04. The van der Waals surface area contributed by atoms with E-state index >= 15 is 0 Å². The molecular weight excluding hydrogens is 168 g/mol. The predicted octanol–water partition coefficient (Wildman–Crippen LogP) is 5.04. The van der Waals surface area contributed by atoms with Gasteiger partial charge in [0.15, 0.2) is 0 Å². The minimum atomic E-state index is 1.22. The molecular formula is C14H24. The summed E-state index contributed by atoms with van der Waals surface area (Å²) < 4.78 is 0. The lowest BCUT2D eigenvalue weighted by atomic mass is 10.1. The molecule has 80 valence electrons. The van der Waals surface area contributed by atoms with Gasteiger partial charge in [-0.15, -0.1) is 0 Å². The van der Waals surface area contributed by atoms with E-state index in [0.717, 1.165) is 0 Å². The predicted molar refractivity (Wildman–Crippen MR) is 66.5 cm³/mol. The van der Waals surface area contributed by atoms with E-state index in [-0.39, 0.29) is 0 Å². The van der Waals surface area contributed by atoms with Gasteiger partial charge >= 0.3 is 0 Å². The Morgan fingerprint density at radius 3 is 2.57 bits per heavy atom. The fourth-order valence-electron chi connectivity index (χ4n) is 1.26. The summed E-state index contributed by atoms with van der Waals surface area (Å²) in [5.41, 5.74) is 1.33. The third kappa shape index (κ3) is 9.31. The maximum Gasteiger partial charge on any atom is -0.0348 e. The van der Waals surface area contributed by atoms with Crippen LogP contribution in [0.2, 0.25) is 0 Å². The van der Waals surface area contributed by atoms with Crippen molar-refractivity contribution in [2.24, 2.45) is 0 Å². The molecule has 14 heavy (non-hydrogen) atoms. The van der Waals surface area contributed by atoms with Gasteiger partial charge in [-0.3, -0.25) is 0 Å². The lowest BCUT2D eigenvalue weighted by molar-refractivity contribution is 0.674. The van der Waals surface area contributed by atoms with E-state index in [2.05, 4.69) is 44.2 Å². The largest absolute Gasteiger partial charge is 0.0877 e. The summed E-state index contributed by atoms with van der Waals surface area (Å²) in [6.07, 6.45) is 17.4. The van der Waals surface area contributed by atoms with Gasteiger partial charge in [-0.25, -0.2) is 0 Å². The average molecular weight is 192 g/mol. The van der Waals surface area contributed by atoms with Crippen LogP contribution in [0.25, 0.3) is 0 Å². The molecule has 0 aliphatic heterocycles. The first-order valence-electron chi connectivity index (χ1n) is 5.77. The molecule has 0 aromatic carbocycles. The monoisotopic (exact) mass is 192 g/mol. The summed E-state index contributed by atoms with van der Waals surface area (Å²) in [4.78, 5) is 0. The highest BCUT2D eigenvalue weighted by atomic mass is 13.9. The topological polar surface area (TPSA) is 0 Å². The lowest BCUT2D eigenvalue weighted by Crippen LogP contribution is -1.74. The molecule has 0 heteroatoms. The SMILES string of the molecule is C/C=C/C=C(C)/C=C/CCCCCC. The number of rotatable bonds is 7. The second-order valence-electron chi connectivity index (χ2n) is 3.69. The number of hydrogen-bond donors (Lipinski definition) is 0. The second kappa shape index (κ2) is 10.3. The Morgan fingerprint density at radius 2 is 1.93 bits per heavy atom. The first kappa shape index (κ1) is 13.2. The standard InChI is InChI=1S/C14H24/c1-4-6-8-9-10-11-13-14(3)12-7-5-2/h5,7,11-13H,4,6,8-10H2,1-3H3/b7-5+,13-11+,14-12+. The zero-order valence-corrected chi connectivity index (χ0v) is 9.92. The van der Waals surface area contributed by atoms with Crippen LogP contribution in [-0.4, -0.2) is 0 Å². The molecule has 0 amide bonds. The van der Waals surface area contributed by atoms with Crippen LogP contribution in [0.5, 0.6) is 0 Å². The van der Waals surface area contributed by atoms with Gasteiger partial charge in [-0.1, -0.05) is 62.1 Å². The van der Waals surface area contributed by atoms with E-state index < -0.39 is 0 Å². The molecule has 0 nitrogen and oxygen atoms in total. The molecule has 0 aromatic rings. The lowest BCUT2D eigenvalue weighted by Gasteiger charge is -1.94. The van der Waals surface area contributed by atoms with Gasteiger partial charge in [0.05, 0.1) is 0 Å². The Morgan fingerprint density at radius 1 is 1.14 bits per heavy atom. The molecule has 0 spiro atoms. The van der Waals surface area contributed by atoms with Gasteiger partial charge in [0, 0.05) is 0 Å². The van der Waals surface area contributed by atoms with E-state index in [9.17, 15) is 0 Å². The van der Waals surface area contributed by atoms with Crippen molar-refractivity contribution >= 4 is 0 Å². The van der Waals surface area contributed by atoms with E-state index in [0.29, 0.717) is 0 Å². The summed E-state index contributed by atoms with van der Waals surface area (Å²) in [6, 6.07) is 0. The van der Waals surface area contributed by atoms with Gasteiger partial charge in [-0.05, 0) is 26.7 Å². The van der Waals surface area contributed by atoms with Crippen LogP contribution < -0.4 is 0 Å². The first-order valence-corrected chi connectivity index (χ1v) is 5.77. The van der Waals surface area contributed by atoms with Crippen LogP contribution in [0, 0.1) is 0 Å². The minimum Gasteiger partial charge on any atom is -0.0877 e. The van der Waals surface area contributed by atoms with Crippen molar-refractivity contribution in [3.8, 4) is 0 Å². The van der Waals surface area contributed by atoms with Gasteiger partial charge in [0.2, 0.25) is 0 Å². The third-order valence-electron chi connectivity index (χ3n) is 2.16. The second-order valence-corrected chi connectivity index (χ2v) is 3.69. The Hall–Kier alpha value is -0.780. The van der Waals surface area contributed by atoms with Crippen molar-refractivity contribution in [3.63, 3.8) is 0 Å². The summed E-state index contributed by atoms with van der Waals surface area (Å²) in [6.45, 7) is 6.43. The molecule has 0 saturated heterocycles. The fourth-order valence-corrected chi connectivity index (χ4v) is 1.26. The van der Waals surface area contributed by atoms with Gasteiger partial charge in [0.25, 0.3) is 0 Å². The number of allylic oxidation sites excluding steroid dienone is 6. The molecule has 0 unspecified atom stereocenters. The summed E-state index contributed by atoms with van der Waals surface area (Å²) in [5, 5.41) is 0. The van der Waals surface area contributed by atoms with Gasteiger partial charge in [0.1, 0.15) is 0 Å². The zero-order chi connectivity index (χ0) is 10.6. The van der Waals surface area contributed by atoms with Gasteiger partial charge < -0.3 is 0 Å². The Bertz CT molecular complexity index is 194. The summed E-state index contributed by atoms with van der Waals surface area (Å²) >= 11 is 0. The van der Waals surface area contributed by atoms with E-state index in [4.69, 9.17) is 0 Å². The summed E-state index contributed by atoms with van der Waals surface area (Å²) in [7, 11) is 0.